The molecule has 5 nitrogen and oxygen atoms in total. The summed E-state index contributed by atoms with van der Waals surface area (Å²) in [6, 6.07) is 5.79. The molecule has 1 saturated carbocycles. The van der Waals surface area contributed by atoms with Crippen LogP contribution in [-0.2, 0) is 16.1 Å². The summed E-state index contributed by atoms with van der Waals surface area (Å²) >= 11 is 0. The Morgan fingerprint density at radius 2 is 2.22 bits per heavy atom. The van der Waals surface area contributed by atoms with Crippen molar-refractivity contribution in [3.8, 4) is 0 Å². The number of ether oxygens (including phenoxy) is 1. The van der Waals surface area contributed by atoms with Crippen LogP contribution in [0.2, 0.25) is 0 Å². The number of rotatable bonds is 5. The van der Waals surface area contributed by atoms with E-state index in [1.165, 1.54) is 12.8 Å². The van der Waals surface area contributed by atoms with E-state index in [-0.39, 0.29) is 17.9 Å². The van der Waals surface area contributed by atoms with Gasteiger partial charge in [0, 0.05) is 38.4 Å². The van der Waals surface area contributed by atoms with E-state index in [9.17, 15) is 4.79 Å². The normalized spacial score (nSPS) is 30.9. The largest absolute Gasteiger partial charge is 0.377 e. The van der Waals surface area contributed by atoms with Crippen molar-refractivity contribution in [3.63, 3.8) is 0 Å². The van der Waals surface area contributed by atoms with E-state index in [4.69, 9.17) is 4.74 Å². The quantitative estimate of drug-likeness (QED) is 0.893. The van der Waals surface area contributed by atoms with Gasteiger partial charge in [0.05, 0.1) is 24.3 Å². The zero-order chi connectivity index (χ0) is 15.6. The summed E-state index contributed by atoms with van der Waals surface area (Å²) in [5.41, 5.74) is 0.908. The predicted molar refractivity (Wildman–Crippen MR) is 86.6 cm³/mol. The highest BCUT2D eigenvalue weighted by Crippen LogP contribution is 2.36. The van der Waals surface area contributed by atoms with Crippen LogP contribution in [0.4, 0.5) is 0 Å². The number of piperidine rings is 1. The number of fused-ring (bicyclic) bond motifs is 1. The van der Waals surface area contributed by atoms with Gasteiger partial charge in [0.25, 0.3) is 0 Å². The topological polar surface area (TPSA) is 54.5 Å². The number of nitrogens with one attached hydrogen (secondary N) is 1. The molecule has 0 aromatic carbocycles. The van der Waals surface area contributed by atoms with Gasteiger partial charge >= 0.3 is 0 Å². The summed E-state index contributed by atoms with van der Waals surface area (Å²) in [5.74, 6) is 1.45. The molecule has 3 heterocycles. The molecule has 4 rings (SSSR count). The molecule has 2 aliphatic heterocycles. The first-order valence-corrected chi connectivity index (χ1v) is 8.81. The zero-order valence-electron chi connectivity index (χ0n) is 13.5. The molecule has 1 aliphatic carbocycles. The van der Waals surface area contributed by atoms with E-state index in [1.807, 2.05) is 18.2 Å². The zero-order valence-corrected chi connectivity index (χ0v) is 13.5. The van der Waals surface area contributed by atoms with E-state index in [2.05, 4.69) is 15.2 Å². The van der Waals surface area contributed by atoms with Crippen molar-refractivity contribution in [1.29, 1.82) is 0 Å². The minimum absolute atomic E-state index is 0.0544. The van der Waals surface area contributed by atoms with Crippen LogP contribution < -0.4 is 5.32 Å². The summed E-state index contributed by atoms with van der Waals surface area (Å²) < 4.78 is 5.90. The average Bonchev–Trinajstić information content (AvgIpc) is 3.26. The van der Waals surface area contributed by atoms with Crippen LogP contribution in [0.3, 0.4) is 0 Å². The number of carbonyl (C=O) groups excluding carboxylic acids is 1. The van der Waals surface area contributed by atoms with Crippen molar-refractivity contribution in [3.05, 3.63) is 30.1 Å². The maximum atomic E-state index is 12.7. The number of hydrogen-bond donors (Lipinski definition) is 1. The SMILES string of the molecule is O=C(NCc1ccccn1)[C@@H]1CN(CC2CC2)C[C@H]2OCC[C@H]21. The van der Waals surface area contributed by atoms with Gasteiger partial charge in [-0.2, -0.15) is 0 Å². The minimum Gasteiger partial charge on any atom is -0.377 e. The molecule has 5 heteroatoms. The van der Waals surface area contributed by atoms with Crippen LogP contribution in [-0.4, -0.2) is 48.1 Å². The van der Waals surface area contributed by atoms with Gasteiger partial charge in [-0.15, -0.1) is 0 Å². The van der Waals surface area contributed by atoms with Crippen molar-refractivity contribution in [2.45, 2.75) is 31.9 Å². The lowest BCUT2D eigenvalue weighted by Crippen LogP contribution is -2.53. The molecule has 0 bridgehead atoms. The second-order valence-corrected chi connectivity index (χ2v) is 7.17. The molecule has 0 unspecified atom stereocenters. The Morgan fingerprint density at radius 3 is 3.00 bits per heavy atom. The molecule has 3 atom stereocenters. The van der Waals surface area contributed by atoms with Crippen molar-refractivity contribution in [1.82, 2.24) is 15.2 Å². The molecule has 0 radical (unpaired) electrons. The van der Waals surface area contributed by atoms with Crippen molar-refractivity contribution >= 4 is 5.91 Å². The highest BCUT2D eigenvalue weighted by Gasteiger charge is 2.44. The Hall–Kier alpha value is -1.46. The molecule has 23 heavy (non-hydrogen) atoms. The second kappa shape index (κ2) is 6.57. The van der Waals surface area contributed by atoms with Gasteiger partial charge in [-0.05, 0) is 37.3 Å². The Labute approximate surface area is 137 Å². The molecule has 3 aliphatic rings. The molecule has 124 valence electrons. The van der Waals surface area contributed by atoms with Crippen LogP contribution in [0.25, 0.3) is 0 Å². The Balaban J connectivity index is 1.38. The van der Waals surface area contributed by atoms with Crippen LogP contribution >= 0.6 is 0 Å². The number of aromatic nitrogens is 1. The first-order valence-electron chi connectivity index (χ1n) is 8.81. The average molecular weight is 315 g/mol. The number of carbonyl (C=O) groups is 1. The maximum Gasteiger partial charge on any atom is 0.225 e. The third kappa shape index (κ3) is 3.56. The summed E-state index contributed by atoms with van der Waals surface area (Å²) in [6.45, 7) is 4.34. The van der Waals surface area contributed by atoms with Crippen LogP contribution in [0.15, 0.2) is 24.4 Å². The fourth-order valence-electron chi connectivity index (χ4n) is 3.96. The van der Waals surface area contributed by atoms with Crippen molar-refractivity contribution in [2.75, 3.05) is 26.2 Å². The summed E-state index contributed by atoms with van der Waals surface area (Å²) in [4.78, 5) is 19.5. The van der Waals surface area contributed by atoms with Gasteiger partial charge in [-0.1, -0.05) is 6.07 Å². The van der Waals surface area contributed by atoms with Crippen LogP contribution in [0.5, 0.6) is 0 Å². The number of nitrogens with zero attached hydrogens (tertiary/aromatic N) is 2. The van der Waals surface area contributed by atoms with Crippen molar-refractivity contribution in [2.24, 2.45) is 17.8 Å². The summed E-state index contributed by atoms with van der Waals surface area (Å²) in [5, 5.41) is 3.09. The maximum absolute atomic E-state index is 12.7. The van der Waals surface area contributed by atoms with Crippen LogP contribution in [0.1, 0.15) is 25.0 Å². The number of amides is 1. The van der Waals surface area contributed by atoms with Gasteiger partial charge in [0.2, 0.25) is 5.91 Å². The second-order valence-electron chi connectivity index (χ2n) is 7.17. The number of pyridine rings is 1. The van der Waals surface area contributed by atoms with E-state index in [0.717, 1.165) is 44.3 Å². The third-order valence-electron chi connectivity index (χ3n) is 5.39. The molecule has 1 N–H and O–H groups in total. The molecule has 2 saturated heterocycles. The standard InChI is InChI=1S/C18H25N3O2/c22-18(20-9-14-3-1-2-7-19-14)16-11-21(10-13-4-5-13)12-17-15(16)6-8-23-17/h1-3,7,13,15-17H,4-6,8-12H2,(H,20,22)/t15-,16+,17+/m0/s1. The third-order valence-corrected chi connectivity index (χ3v) is 5.39. The highest BCUT2D eigenvalue weighted by molar-refractivity contribution is 5.79. The summed E-state index contributed by atoms with van der Waals surface area (Å²) in [7, 11) is 0. The smallest absolute Gasteiger partial charge is 0.225 e. The van der Waals surface area contributed by atoms with E-state index >= 15 is 0 Å². The lowest BCUT2D eigenvalue weighted by molar-refractivity contribution is -0.131. The first-order chi connectivity index (χ1) is 11.3. The molecule has 0 spiro atoms. The summed E-state index contributed by atoms with van der Waals surface area (Å²) in [6.07, 6.45) is 5.72. The Bertz CT molecular complexity index is 546. The Kier molecular flexibility index (Phi) is 4.31. The molecule has 1 amide bonds. The molecule has 1 aromatic heterocycles. The van der Waals surface area contributed by atoms with Gasteiger partial charge < -0.3 is 10.1 Å². The van der Waals surface area contributed by atoms with E-state index in [0.29, 0.717) is 12.5 Å². The van der Waals surface area contributed by atoms with Gasteiger partial charge in [-0.25, -0.2) is 0 Å². The van der Waals surface area contributed by atoms with Crippen LogP contribution in [0, 0.1) is 17.8 Å². The fourth-order valence-corrected chi connectivity index (χ4v) is 3.96. The highest BCUT2D eigenvalue weighted by atomic mass is 16.5. The minimum atomic E-state index is 0.0544. The molecule has 1 aromatic rings. The fraction of sp³-hybridized carbons (Fsp3) is 0.667. The predicted octanol–water partition coefficient (Wildman–Crippen LogP) is 1.44. The lowest BCUT2D eigenvalue weighted by atomic mass is 9.82. The molecular formula is C18H25N3O2. The van der Waals surface area contributed by atoms with Gasteiger partial charge in [0.1, 0.15) is 0 Å². The molecule has 3 fully saturated rings. The van der Waals surface area contributed by atoms with Gasteiger partial charge in [0.15, 0.2) is 0 Å². The van der Waals surface area contributed by atoms with Gasteiger partial charge in [-0.3, -0.25) is 14.7 Å². The monoisotopic (exact) mass is 315 g/mol. The lowest BCUT2D eigenvalue weighted by Gasteiger charge is -2.39. The van der Waals surface area contributed by atoms with E-state index < -0.39 is 0 Å². The Morgan fingerprint density at radius 1 is 1.30 bits per heavy atom. The van der Waals surface area contributed by atoms with E-state index in [1.54, 1.807) is 6.20 Å². The first kappa shape index (κ1) is 15.1. The molecular weight excluding hydrogens is 290 g/mol. The van der Waals surface area contributed by atoms with Crippen molar-refractivity contribution < 1.29 is 9.53 Å². The number of hydrogen-bond acceptors (Lipinski definition) is 4. The number of likely N-dealkylation sites (tertiary alicyclic amines) is 1.